The summed E-state index contributed by atoms with van der Waals surface area (Å²) in [6.45, 7) is 8.96. The Morgan fingerprint density at radius 2 is 2.16 bits per heavy atom. The molecule has 1 aromatic heterocycles. The lowest BCUT2D eigenvalue weighted by Crippen LogP contribution is -2.24. The minimum Gasteiger partial charge on any atom is -0.370 e. The van der Waals surface area contributed by atoms with Crippen LogP contribution in [0, 0.1) is 5.41 Å². The lowest BCUT2D eigenvalue weighted by Gasteiger charge is -2.27. The molecule has 1 aliphatic carbocycles. The highest BCUT2D eigenvalue weighted by molar-refractivity contribution is 5.04. The Morgan fingerprint density at radius 3 is 2.68 bits per heavy atom. The second-order valence-electron chi connectivity index (χ2n) is 6.39. The van der Waals surface area contributed by atoms with Crippen LogP contribution in [0.5, 0.6) is 0 Å². The fourth-order valence-corrected chi connectivity index (χ4v) is 2.68. The van der Waals surface area contributed by atoms with Crippen molar-refractivity contribution in [3.05, 3.63) is 11.7 Å². The maximum atomic E-state index is 6.08. The average Bonchev–Trinajstić information content (AvgIpc) is 2.92. The molecule has 0 bridgehead atoms. The van der Waals surface area contributed by atoms with Crippen LogP contribution < -0.4 is 5.73 Å². The Labute approximate surface area is 114 Å². The van der Waals surface area contributed by atoms with Gasteiger partial charge in [0.15, 0.2) is 0 Å². The van der Waals surface area contributed by atoms with Crippen LogP contribution in [-0.4, -0.2) is 22.8 Å². The van der Waals surface area contributed by atoms with Crippen LogP contribution in [-0.2, 0) is 4.74 Å². The highest BCUT2D eigenvalue weighted by atomic mass is 16.5. The first-order chi connectivity index (χ1) is 8.93. The van der Waals surface area contributed by atoms with Crippen molar-refractivity contribution in [2.75, 3.05) is 6.61 Å². The molecular weight excluding hydrogens is 242 g/mol. The summed E-state index contributed by atoms with van der Waals surface area (Å²) in [7, 11) is 0. The van der Waals surface area contributed by atoms with Crippen molar-refractivity contribution in [3.8, 4) is 0 Å². The third-order valence-electron chi connectivity index (χ3n) is 3.70. The van der Waals surface area contributed by atoms with Crippen LogP contribution in [0.25, 0.3) is 0 Å². The lowest BCUT2D eigenvalue weighted by molar-refractivity contribution is -0.0203. The van der Waals surface area contributed by atoms with Gasteiger partial charge in [0.1, 0.15) is 6.10 Å². The Hall–Kier alpha value is -0.940. The number of rotatable bonds is 4. The number of hydrogen-bond acceptors (Lipinski definition) is 5. The van der Waals surface area contributed by atoms with E-state index in [4.69, 9.17) is 15.0 Å². The molecule has 3 atom stereocenters. The largest absolute Gasteiger partial charge is 0.370 e. The van der Waals surface area contributed by atoms with Crippen LogP contribution in [0.15, 0.2) is 4.52 Å². The molecule has 0 aromatic carbocycles. The van der Waals surface area contributed by atoms with Crippen molar-refractivity contribution in [2.24, 2.45) is 11.1 Å². The fourth-order valence-electron chi connectivity index (χ4n) is 2.68. The zero-order valence-corrected chi connectivity index (χ0v) is 12.3. The van der Waals surface area contributed by atoms with Gasteiger partial charge in [-0.05, 0) is 25.2 Å². The van der Waals surface area contributed by atoms with Crippen molar-refractivity contribution in [3.63, 3.8) is 0 Å². The summed E-state index contributed by atoms with van der Waals surface area (Å²) in [6, 6.07) is 0.147. The summed E-state index contributed by atoms with van der Waals surface area (Å²) in [5.41, 5.74) is 6.02. The molecule has 2 rings (SSSR count). The molecule has 5 nitrogen and oxygen atoms in total. The SMILES string of the molecule is CCOC(c1noc(C2CCCC2N)n1)C(C)(C)C. The van der Waals surface area contributed by atoms with Gasteiger partial charge < -0.3 is 15.0 Å². The predicted octanol–water partition coefficient (Wildman–Crippen LogP) is 2.79. The van der Waals surface area contributed by atoms with Crippen LogP contribution in [0.3, 0.4) is 0 Å². The van der Waals surface area contributed by atoms with Crippen molar-refractivity contribution in [1.82, 2.24) is 10.1 Å². The molecule has 0 spiro atoms. The van der Waals surface area contributed by atoms with E-state index < -0.39 is 0 Å². The fraction of sp³-hybridized carbons (Fsp3) is 0.857. The summed E-state index contributed by atoms with van der Waals surface area (Å²) in [4.78, 5) is 4.55. The van der Waals surface area contributed by atoms with Crippen molar-refractivity contribution >= 4 is 0 Å². The van der Waals surface area contributed by atoms with Crippen LogP contribution >= 0.6 is 0 Å². The zero-order valence-electron chi connectivity index (χ0n) is 12.3. The third kappa shape index (κ3) is 3.15. The van der Waals surface area contributed by atoms with E-state index in [1.807, 2.05) is 6.92 Å². The summed E-state index contributed by atoms with van der Waals surface area (Å²) < 4.78 is 11.2. The topological polar surface area (TPSA) is 74.2 Å². The maximum Gasteiger partial charge on any atom is 0.231 e. The van der Waals surface area contributed by atoms with E-state index in [9.17, 15) is 0 Å². The smallest absolute Gasteiger partial charge is 0.231 e. The van der Waals surface area contributed by atoms with Gasteiger partial charge in [-0.2, -0.15) is 4.98 Å². The molecule has 1 fully saturated rings. The molecule has 0 aliphatic heterocycles. The molecule has 5 heteroatoms. The molecule has 0 amide bonds. The van der Waals surface area contributed by atoms with E-state index in [0.717, 1.165) is 19.3 Å². The number of ether oxygens (including phenoxy) is 1. The summed E-state index contributed by atoms with van der Waals surface area (Å²) >= 11 is 0. The first-order valence-corrected chi connectivity index (χ1v) is 7.14. The van der Waals surface area contributed by atoms with Gasteiger partial charge in [-0.25, -0.2) is 0 Å². The van der Waals surface area contributed by atoms with E-state index >= 15 is 0 Å². The van der Waals surface area contributed by atoms with Crippen LogP contribution in [0.2, 0.25) is 0 Å². The predicted molar refractivity (Wildman–Crippen MR) is 72.7 cm³/mol. The summed E-state index contributed by atoms with van der Waals surface area (Å²) in [5, 5.41) is 4.11. The second kappa shape index (κ2) is 5.59. The Kier molecular flexibility index (Phi) is 4.26. The van der Waals surface area contributed by atoms with Crippen LogP contribution in [0.4, 0.5) is 0 Å². The number of hydrogen-bond donors (Lipinski definition) is 1. The summed E-state index contributed by atoms with van der Waals surface area (Å²) in [6.07, 6.45) is 3.07. The lowest BCUT2D eigenvalue weighted by atomic mass is 9.88. The minimum absolute atomic E-state index is 0.0606. The van der Waals surface area contributed by atoms with Gasteiger partial charge in [-0.15, -0.1) is 0 Å². The van der Waals surface area contributed by atoms with Crippen LogP contribution in [0.1, 0.15) is 70.7 Å². The molecule has 0 radical (unpaired) electrons. The average molecular weight is 267 g/mol. The molecular formula is C14H25N3O2. The van der Waals surface area contributed by atoms with Crippen molar-refractivity contribution < 1.29 is 9.26 Å². The molecule has 1 aromatic rings. The third-order valence-corrected chi connectivity index (χ3v) is 3.70. The highest BCUT2D eigenvalue weighted by Crippen LogP contribution is 2.37. The molecule has 1 aliphatic rings. The molecule has 1 heterocycles. The van der Waals surface area contributed by atoms with E-state index in [0.29, 0.717) is 18.3 Å². The Morgan fingerprint density at radius 1 is 1.42 bits per heavy atom. The number of aromatic nitrogens is 2. The minimum atomic E-state index is -0.146. The second-order valence-corrected chi connectivity index (χ2v) is 6.39. The maximum absolute atomic E-state index is 6.08. The van der Waals surface area contributed by atoms with Gasteiger partial charge >= 0.3 is 0 Å². The van der Waals surface area contributed by atoms with Gasteiger partial charge in [0.2, 0.25) is 11.7 Å². The highest BCUT2D eigenvalue weighted by Gasteiger charge is 2.34. The monoisotopic (exact) mass is 267 g/mol. The van der Waals surface area contributed by atoms with Crippen molar-refractivity contribution in [1.29, 1.82) is 0 Å². The van der Waals surface area contributed by atoms with E-state index in [1.165, 1.54) is 0 Å². The van der Waals surface area contributed by atoms with E-state index in [2.05, 4.69) is 30.9 Å². The number of nitrogens with two attached hydrogens (primary N) is 1. The van der Waals surface area contributed by atoms with E-state index in [-0.39, 0.29) is 23.5 Å². The quantitative estimate of drug-likeness (QED) is 0.908. The zero-order chi connectivity index (χ0) is 14.0. The standard InChI is InChI=1S/C14H25N3O2/c1-5-18-11(14(2,3)4)12-16-13(19-17-12)9-7-6-8-10(9)15/h9-11H,5-8,15H2,1-4H3. The molecule has 0 saturated heterocycles. The van der Waals surface area contributed by atoms with Gasteiger partial charge in [0, 0.05) is 12.6 Å². The van der Waals surface area contributed by atoms with Gasteiger partial charge in [0.05, 0.1) is 5.92 Å². The van der Waals surface area contributed by atoms with E-state index in [1.54, 1.807) is 0 Å². The Balaban J connectivity index is 2.18. The van der Waals surface area contributed by atoms with Gasteiger partial charge in [-0.1, -0.05) is 32.3 Å². The summed E-state index contributed by atoms with van der Waals surface area (Å²) in [5.74, 6) is 1.53. The molecule has 2 N–H and O–H groups in total. The van der Waals surface area contributed by atoms with Gasteiger partial charge in [0.25, 0.3) is 0 Å². The first kappa shape index (κ1) is 14.5. The molecule has 19 heavy (non-hydrogen) atoms. The molecule has 108 valence electrons. The normalized spacial score (nSPS) is 25.7. The molecule has 1 saturated carbocycles. The first-order valence-electron chi connectivity index (χ1n) is 7.14. The Bertz CT molecular complexity index is 411. The number of nitrogens with zero attached hydrogens (tertiary/aromatic N) is 2. The molecule has 3 unspecified atom stereocenters. The van der Waals surface area contributed by atoms with Gasteiger partial charge in [-0.3, -0.25) is 0 Å². The van der Waals surface area contributed by atoms with Crippen molar-refractivity contribution in [2.45, 2.75) is 65.0 Å².